The van der Waals surface area contributed by atoms with Crippen molar-refractivity contribution in [3.63, 3.8) is 0 Å². The van der Waals surface area contributed by atoms with Gasteiger partial charge in [0.25, 0.3) is 10.1 Å². The van der Waals surface area contributed by atoms with Crippen LogP contribution in [0.5, 0.6) is 0 Å². The van der Waals surface area contributed by atoms with Gasteiger partial charge < -0.3 is 0 Å². The third-order valence-corrected chi connectivity index (χ3v) is 5.81. The summed E-state index contributed by atoms with van der Waals surface area (Å²) in [5, 5.41) is 0. The Morgan fingerprint density at radius 1 is 0.480 bits per heavy atom. The van der Waals surface area contributed by atoms with Crippen molar-refractivity contribution in [2.75, 3.05) is 5.75 Å². The molecule has 0 aromatic carbocycles. The molecule has 0 spiro atoms. The normalized spacial score (nSPS) is 11.9. The van der Waals surface area contributed by atoms with Crippen LogP contribution in [0.15, 0.2) is 0 Å². The monoisotopic (exact) mass is 376 g/mol. The lowest BCUT2D eigenvalue weighted by Crippen LogP contribution is -2.03. The van der Waals surface area contributed by atoms with E-state index in [0.29, 0.717) is 6.42 Å². The molecule has 0 saturated heterocycles. The largest absolute Gasteiger partial charge is 0.286 e. The fraction of sp³-hybridized carbons (Fsp3) is 1.00. The van der Waals surface area contributed by atoms with Crippen molar-refractivity contribution < 1.29 is 13.0 Å². The molecular weight excluding hydrogens is 332 g/mol. The zero-order valence-electron chi connectivity index (χ0n) is 16.8. The molecule has 0 radical (unpaired) electrons. The maximum atomic E-state index is 10.6. The molecule has 0 bridgehead atoms. The van der Waals surface area contributed by atoms with E-state index in [0.717, 1.165) is 12.8 Å². The van der Waals surface area contributed by atoms with Gasteiger partial charge in [-0.1, -0.05) is 122 Å². The Morgan fingerprint density at radius 2 is 0.720 bits per heavy atom. The van der Waals surface area contributed by atoms with Gasteiger partial charge in [0.2, 0.25) is 0 Å². The summed E-state index contributed by atoms with van der Waals surface area (Å²) in [6.45, 7) is 2.27. The van der Waals surface area contributed by atoms with Crippen LogP contribution in [-0.2, 0) is 10.1 Å². The number of hydrogen-bond acceptors (Lipinski definition) is 2. The molecule has 0 heterocycles. The van der Waals surface area contributed by atoms with Gasteiger partial charge >= 0.3 is 0 Å². The summed E-state index contributed by atoms with van der Waals surface area (Å²) in [5.74, 6) is -0.0775. The average molecular weight is 377 g/mol. The third-order valence-electron chi connectivity index (χ3n) is 5.01. The van der Waals surface area contributed by atoms with Gasteiger partial charge in [-0.2, -0.15) is 8.42 Å². The van der Waals surface area contributed by atoms with Crippen LogP contribution in [0.2, 0.25) is 0 Å². The average Bonchev–Trinajstić information content (AvgIpc) is 2.56. The molecule has 0 atom stereocenters. The second kappa shape index (κ2) is 18.7. The minimum Gasteiger partial charge on any atom is -0.286 e. The molecule has 0 aromatic heterocycles. The first-order chi connectivity index (χ1) is 12.1. The van der Waals surface area contributed by atoms with E-state index in [4.69, 9.17) is 4.55 Å². The molecule has 0 rings (SSSR count). The van der Waals surface area contributed by atoms with E-state index in [-0.39, 0.29) is 5.75 Å². The Bertz CT molecular complexity index is 352. The topological polar surface area (TPSA) is 54.4 Å². The fourth-order valence-electron chi connectivity index (χ4n) is 3.36. The first kappa shape index (κ1) is 24.9. The highest BCUT2D eigenvalue weighted by Crippen LogP contribution is 2.14. The number of rotatable bonds is 20. The van der Waals surface area contributed by atoms with E-state index in [9.17, 15) is 8.42 Å². The summed E-state index contributed by atoms with van der Waals surface area (Å²) in [7, 11) is -3.75. The lowest BCUT2D eigenvalue weighted by Gasteiger charge is -2.04. The molecule has 0 aliphatic heterocycles. The van der Waals surface area contributed by atoms with Crippen molar-refractivity contribution in [3.8, 4) is 0 Å². The van der Waals surface area contributed by atoms with Crippen molar-refractivity contribution in [2.45, 2.75) is 129 Å². The van der Waals surface area contributed by atoms with Crippen LogP contribution in [-0.4, -0.2) is 18.7 Å². The second-order valence-corrected chi connectivity index (χ2v) is 9.22. The summed E-state index contributed by atoms with van der Waals surface area (Å²) >= 11 is 0. The van der Waals surface area contributed by atoms with Crippen molar-refractivity contribution in [2.24, 2.45) is 0 Å². The Labute approximate surface area is 158 Å². The number of hydrogen-bond donors (Lipinski definition) is 1. The second-order valence-electron chi connectivity index (χ2n) is 7.65. The van der Waals surface area contributed by atoms with Gasteiger partial charge in [-0.3, -0.25) is 4.55 Å². The summed E-state index contributed by atoms with van der Waals surface area (Å²) in [5.41, 5.74) is 0. The number of unbranched alkanes of at least 4 members (excludes halogenated alkanes) is 18. The van der Waals surface area contributed by atoms with Gasteiger partial charge in [-0.15, -0.1) is 0 Å². The van der Waals surface area contributed by atoms with Crippen LogP contribution in [0.1, 0.15) is 129 Å². The molecule has 0 aliphatic carbocycles. The van der Waals surface area contributed by atoms with Crippen LogP contribution in [0.3, 0.4) is 0 Å². The maximum Gasteiger partial charge on any atom is 0.264 e. The molecule has 25 heavy (non-hydrogen) atoms. The molecule has 0 amide bonds. The first-order valence-electron chi connectivity index (χ1n) is 11.0. The van der Waals surface area contributed by atoms with Crippen LogP contribution in [0, 0.1) is 0 Å². The SMILES string of the molecule is CCCCCCCCCCCCCCCCCCCCCS(=O)(=O)O. The van der Waals surface area contributed by atoms with Gasteiger partial charge in [-0.25, -0.2) is 0 Å². The molecule has 0 fully saturated rings. The third kappa shape index (κ3) is 23.9. The Kier molecular flexibility index (Phi) is 18.6. The highest BCUT2D eigenvalue weighted by molar-refractivity contribution is 7.85. The molecule has 0 saturated carbocycles. The predicted molar refractivity (Wildman–Crippen MR) is 110 cm³/mol. The van der Waals surface area contributed by atoms with E-state index < -0.39 is 10.1 Å². The van der Waals surface area contributed by atoms with Crippen molar-refractivity contribution in [3.05, 3.63) is 0 Å². The molecule has 152 valence electrons. The van der Waals surface area contributed by atoms with E-state index in [1.54, 1.807) is 0 Å². The van der Waals surface area contributed by atoms with Crippen molar-refractivity contribution >= 4 is 10.1 Å². The maximum absolute atomic E-state index is 10.6. The summed E-state index contributed by atoms with van der Waals surface area (Å²) < 4.78 is 29.8. The molecule has 0 unspecified atom stereocenters. The minimum absolute atomic E-state index is 0.0775. The Hall–Kier alpha value is -0.0900. The molecule has 4 heteroatoms. The highest BCUT2D eigenvalue weighted by Gasteiger charge is 2.02. The van der Waals surface area contributed by atoms with Gasteiger partial charge in [0.15, 0.2) is 0 Å². The summed E-state index contributed by atoms with van der Waals surface area (Å²) in [6, 6.07) is 0. The summed E-state index contributed by atoms with van der Waals surface area (Å²) in [6.07, 6.45) is 24.7. The molecule has 0 aliphatic rings. The van der Waals surface area contributed by atoms with E-state index in [2.05, 4.69) is 6.92 Å². The first-order valence-corrected chi connectivity index (χ1v) is 12.6. The fourth-order valence-corrected chi connectivity index (χ4v) is 3.93. The molecule has 0 aromatic rings. The molecule has 1 N–H and O–H groups in total. The highest BCUT2D eigenvalue weighted by atomic mass is 32.2. The van der Waals surface area contributed by atoms with Gasteiger partial charge in [0, 0.05) is 0 Å². The standard InChI is InChI=1S/C21H44O3S/c1-2-3-4-5-6-7-8-9-10-11-12-13-14-15-16-17-18-19-20-21-25(22,23)24/h2-21H2,1H3,(H,22,23,24). The lowest BCUT2D eigenvalue weighted by atomic mass is 10.0. The van der Waals surface area contributed by atoms with Crippen LogP contribution in [0.25, 0.3) is 0 Å². The quantitative estimate of drug-likeness (QED) is 0.179. The Morgan fingerprint density at radius 3 is 0.960 bits per heavy atom. The predicted octanol–water partition coefficient (Wildman–Crippen LogP) is 7.31. The smallest absolute Gasteiger partial charge is 0.264 e. The van der Waals surface area contributed by atoms with Gasteiger partial charge in [0.05, 0.1) is 5.75 Å². The lowest BCUT2D eigenvalue weighted by molar-refractivity contribution is 0.478. The van der Waals surface area contributed by atoms with Crippen molar-refractivity contribution in [1.29, 1.82) is 0 Å². The zero-order valence-corrected chi connectivity index (χ0v) is 17.6. The van der Waals surface area contributed by atoms with E-state index in [1.165, 1.54) is 103 Å². The van der Waals surface area contributed by atoms with E-state index in [1.807, 2.05) is 0 Å². The zero-order chi connectivity index (χ0) is 18.6. The van der Waals surface area contributed by atoms with Gasteiger partial charge in [0.1, 0.15) is 0 Å². The van der Waals surface area contributed by atoms with Crippen LogP contribution >= 0.6 is 0 Å². The molecule has 3 nitrogen and oxygen atoms in total. The van der Waals surface area contributed by atoms with E-state index >= 15 is 0 Å². The van der Waals surface area contributed by atoms with Gasteiger partial charge in [-0.05, 0) is 6.42 Å². The molecular formula is C21H44O3S. The van der Waals surface area contributed by atoms with Crippen LogP contribution in [0.4, 0.5) is 0 Å². The Balaban J connectivity index is 3.03. The van der Waals surface area contributed by atoms with Crippen molar-refractivity contribution in [1.82, 2.24) is 0 Å². The minimum atomic E-state index is -3.75. The summed E-state index contributed by atoms with van der Waals surface area (Å²) in [4.78, 5) is 0. The van der Waals surface area contributed by atoms with Crippen LogP contribution < -0.4 is 0 Å².